The summed E-state index contributed by atoms with van der Waals surface area (Å²) in [6.45, 7) is 10.9. The second kappa shape index (κ2) is 17.3. The lowest BCUT2D eigenvalue weighted by molar-refractivity contribution is -0.127. The van der Waals surface area contributed by atoms with E-state index in [-0.39, 0.29) is 5.91 Å². The molecule has 0 saturated carbocycles. The number of carbonyl (C=O) groups excluding carboxylic acids is 1. The monoisotopic (exact) mass is 758 g/mol. The molecule has 54 heavy (non-hydrogen) atoms. The predicted octanol–water partition coefficient (Wildman–Crippen LogP) is 9.62. The Balaban J connectivity index is 0.836. The topological polar surface area (TPSA) is 77.0 Å². The summed E-state index contributed by atoms with van der Waals surface area (Å²) in [5.41, 5.74) is 7.46. The zero-order chi connectivity index (χ0) is 37.4. The minimum atomic E-state index is -0.00849. The summed E-state index contributed by atoms with van der Waals surface area (Å²) >= 11 is 8.34. The smallest absolute Gasteiger partial charge is 0.246 e. The molecule has 10 heteroatoms. The molecule has 0 aliphatic carbocycles. The Labute approximate surface area is 325 Å². The van der Waals surface area contributed by atoms with Gasteiger partial charge in [0, 0.05) is 57.4 Å². The van der Waals surface area contributed by atoms with E-state index in [4.69, 9.17) is 25.8 Å². The number of halogens is 1. The first-order valence-electron chi connectivity index (χ1n) is 18.1. The van der Waals surface area contributed by atoms with Crippen LogP contribution in [0.4, 0.5) is 0 Å². The van der Waals surface area contributed by atoms with Gasteiger partial charge in [-0.15, -0.1) is 11.3 Å². The molecule has 3 heterocycles. The molecule has 0 N–H and O–H groups in total. The zero-order valence-corrected chi connectivity index (χ0v) is 32.3. The van der Waals surface area contributed by atoms with Crippen LogP contribution in [-0.2, 0) is 24.4 Å². The average Bonchev–Trinajstić information content (AvgIpc) is 3.56. The molecular formula is C44H43ClN4O4S. The molecule has 1 aliphatic rings. The van der Waals surface area contributed by atoms with Gasteiger partial charge in [-0.05, 0) is 85.0 Å². The van der Waals surface area contributed by atoms with E-state index in [9.17, 15) is 4.79 Å². The number of pyridine rings is 1. The second-order valence-corrected chi connectivity index (χ2v) is 15.2. The van der Waals surface area contributed by atoms with Crippen LogP contribution in [-0.4, -0.2) is 58.5 Å². The molecule has 0 atom stereocenters. The van der Waals surface area contributed by atoms with Crippen molar-refractivity contribution in [1.29, 1.82) is 0 Å². The van der Waals surface area contributed by atoms with Crippen molar-refractivity contribution in [3.63, 3.8) is 0 Å². The lowest BCUT2D eigenvalue weighted by atomic mass is 10.1. The van der Waals surface area contributed by atoms with Crippen LogP contribution in [0.3, 0.4) is 0 Å². The van der Waals surface area contributed by atoms with E-state index < -0.39 is 0 Å². The number of thiazole rings is 1. The fourth-order valence-electron chi connectivity index (χ4n) is 6.32. The zero-order valence-electron chi connectivity index (χ0n) is 30.8. The molecule has 6 aromatic rings. The number of hydrogen-bond donors (Lipinski definition) is 0. The van der Waals surface area contributed by atoms with Crippen LogP contribution in [0.5, 0.6) is 23.1 Å². The van der Waals surface area contributed by atoms with Crippen LogP contribution in [0.15, 0.2) is 103 Å². The number of ether oxygens (including phenoxy) is 3. The van der Waals surface area contributed by atoms with Crippen LogP contribution in [0, 0.1) is 20.8 Å². The Morgan fingerprint density at radius 2 is 1.57 bits per heavy atom. The van der Waals surface area contributed by atoms with Gasteiger partial charge < -0.3 is 19.1 Å². The molecule has 0 radical (unpaired) electrons. The van der Waals surface area contributed by atoms with Crippen molar-refractivity contribution in [2.45, 2.75) is 40.3 Å². The maximum Gasteiger partial charge on any atom is 0.246 e. The number of nitrogens with zero attached hydrogens (tertiary/aromatic N) is 4. The normalized spacial score (nSPS) is 13.4. The summed E-state index contributed by atoms with van der Waals surface area (Å²) in [4.78, 5) is 26.3. The summed E-state index contributed by atoms with van der Waals surface area (Å²) in [7, 11) is 0. The SMILES string of the molecule is Cc1ccc(COc2ccc(Oc3c(C)cc(C=CC(=O)N4CCN(Cc5ccc(CCOc6ccc7sc(C)nc7c6)cc5)CC4)cc3Cl)nc2)cc1. The Bertz CT molecular complexity index is 2210. The van der Waals surface area contributed by atoms with Gasteiger partial charge in [0.05, 0.1) is 33.1 Å². The Morgan fingerprint density at radius 3 is 2.31 bits per heavy atom. The lowest BCUT2D eigenvalue weighted by Gasteiger charge is -2.34. The molecule has 276 valence electrons. The van der Waals surface area contributed by atoms with Crippen LogP contribution in [0.25, 0.3) is 16.3 Å². The Morgan fingerprint density at radius 1 is 0.833 bits per heavy atom. The van der Waals surface area contributed by atoms with Crippen molar-refractivity contribution in [2.75, 3.05) is 32.8 Å². The first-order valence-corrected chi connectivity index (χ1v) is 19.3. The van der Waals surface area contributed by atoms with Crippen LogP contribution in [0.2, 0.25) is 5.02 Å². The van der Waals surface area contributed by atoms with Crippen molar-refractivity contribution < 1.29 is 19.0 Å². The predicted molar refractivity (Wildman–Crippen MR) is 217 cm³/mol. The minimum Gasteiger partial charge on any atom is -0.493 e. The highest BCUT2D eigenvalue weighted by Gasteiger charge is 2.20. The van der Waals surface area contributed by atoms with E-state index in [1.54, 1.807) is 35.7 Å². The number of aryl methyl sites for hydroxylation is 3. The number of piperazine rings is 1. The van der Waals surface area contributed by atoms with Gasteiger partial charge in [-0.2, -0.15) is 0 Å². The van der Waals surface area contributed by atoms with Crippen LogP contribution in [0.1, 0.15) is 38.4 Å². The number of benzene rings is 4. The number of hydrogen-bond acceptors (Lipinski definition) is 8. The summed E-state index contributed by atoms with van der Waals surface area (Å²) in [6, 6.07) is 30.4. The lowest BCUT2D eigenvalue weighted by Crippen LogP contribution is -2.47. The first-order chi connectivity index (χ1) is 26.2. The standard InChI is InChI=1S/C44H43ClN4O4S/c1-30-4-6-35(7-5-30)29-52-38-14-16-42(46-27-38)53-44-31(2)24-36(25-39(44)45)12-17-43(50)49-21-19-48(20-22-49)28-34-10-8-33(9-11-34)18-23-51-37-13-15-41-40(26-37)47-32(3)54-41/h4-17,24-27H,18-23,28-29H2,1-3H3. The maximum atomic E-state index is 13.1. The highest BCUT2D eigenvalue weighted by molar-refractivity contribution is 7.18. The molecule has 1 saturated heterocycles. The highest BCUT2D eigenvalue weighted by Crippen LogP contribution is 2.34. The minimum absolute atomic E-state index is 0.00849. The Kier molecular flexibility index (Phi) is 11.9. The van der Waals surface area contributed by atoms with E-state index in [0.29, 0.717) is 48.7 Å². The van der Waals surface area contributed by atoms with Crippen molar-refractivity contribution in [3.8, 4) is 23.1 Å². The molecule has 1 aliphatic heterocycles. The maximum absolute atomic E-state index is 13.1. The van der Waals surface area contributed by atoms with Gasteiger partial charge in [0.15, 0.2) is 5.75 Å². The summed E-state index contributed by atoms with van der Waals surface area (Å²) in [6.07, 6.45) is 5.91. The van der Waals surface area contributed by atoms with Crippen molar-refractivity contribution in [1.82, 2.24) is 19.8 Å². The third-order valence-electron chi connectivity index (χ3n) is 9.35. The number of carbonyl (C=O) groups is 1. The molecule has 7 rings (SSSR count). The molecule has 0 spiro atoms. The van der Waals surface area contributed by atoms with Crippen molar-refractivity contribution >= 4 is 45.1 Å². The third-order valence-corrected chi connectivity index (χ3v) is 10.6. The van der Waals surface area contributed by atoms with Gasteiger partial charge >= 0.3 is 0 Å². The quantitative estimate of drug-likeness (QED) is 0.109. The van der Waals surface area contributed by atoms with Crippen LogP contribution < -0.4 is 14.2 Å². The average molecular weight is 759 g/mol. The number of rotatable bonds is 13. The van der Waals surface area contributed by atoms with E-state index in [0.717, 1.165) is 59.0 Å². The van der Waals surface area contributed by atoms with Gasteiger partial charge in [0.1, 0.15) is 18.1 Å². The summed E-state index contributed by atoms with van der Waals surface area (Å²) in [5.74, 6) is 2.43. The largest absolute Gasteiger partial charge is 0.493 e. The molecular weight excluding hydrogens is 716 g/mol. The van der Waals surface area contributed by atoms with E-state index in [1.165, 1.54) is 21.4 Å². The fraction of sp³-hybridized carbons (Fsp3) is 0.250. The van der Waals surface area contributed by atoms with E-state index in [2.05, 4.69) is 76.4 Å². The second-order valence-electron chi connectivity index (χ2n) is 13.6. The van der Waals surface area contributed by atoms with Gasteiger partial charge in [-0.25, -0.2) is 9.97 Å². The summed E-state index contributed by atoms with van der Waals surface area (Å²) < 4.78 is 19.1. The summed E-state index contributed by atoms with van der Waals surface area (Å²) in [5, 5.41) is 1.51. The van der Waals surface area contributed by atoms with Gasteiger partial charge in [-0.3, -0.25) is 9.69 Å². The van der Waals surface area contributed by atoms with Crippen molar-refractivity contribution in [2.24, 2.45) is 0 Å². The van der Waals surface area contributed by atoms with Crippen LogP contribution >= 0.6 is 22.9 Å². The molecule has 2 aromatic heterocycles. The first kappa shape index (κ1) is 37.1. The van der Waals surface area contributed by atoms with Gasteiger partial charge in [0.2, 0.25) is 11.8 Å². The number of aromatic nitrogens is 2. The molecule has 0 unspecified atom stereocenters. The van der Waals surface area contributed by atoms with Gasteiger partial charge in [0.25, 0.3) is 0 Å². The third kappa shape index (κ3) is 9.85. The Hall–Kier alpha value is -5.22. The highest BCUT2D eigenvalue weighted by atomic mass is 35.5. The fourth-order valence-corrected chi connectivity index (χ4v) is 7.44. The van der Waals surface area contributed by atoms with E-state index >= 15 is 0 Å². The molecule has 1 fully saturated rings. The van der Waals surface area contributed by atoms with Crippen molar-refractivity contribution in [3.05, 3.63) is 147 Å². The van der Waals surface area contributed by atoms with E-state index in [1.807, 2.05) is 49.1 Å². The molecule has 0 bridgehead atoms. The molecule has 8 nitrogen and oxygen atoms in total. The number of fused-ring (bicyclic) bond motifs is 1. The molecule has 1 amide bonds. The molecule has 4 aromatic carbocycles. The van der Waals surface area contributed by atoms with Gasteiger partial charge in [-0.1, -0.05) is 65.7 Å². The number of amides is 1.